The van der Waals surface area contributed by atoms with Crippen LogP contribution in [0.25, 0.3) is 0 Å². The lowest BCUT2D eigenvalue weighted by Crippen LogP contribution is -2.08. The highest BCUT2D eigenvalue weighted by Crippen LogP contribution is 2.16. The van der Waals surface area contributed by atoms with Crippen molar-refractivity contribution in [1.82, 2.24) is 0 Å². The van der Waals surface area contributed by atoms with E-state index in [1.807, 2.05) is 6.92 Å². The summed E-state index contributed by atoms with van der Waals surface area (Å²) in [4.78, 5) is 15.6. The molecule has 0 radical (unpaired) electrons. The first-order valence-electron chi connectivity index (χ1n) is 4.05. The number of carbonyl (C=O) groups is 1. The summed E-state index contributed by atoms with van der Waals surface area (Å²) in [5, 5.41) is 3.78. The second-order valence-corrected chi connectivity index (χ2v) is 2.85. The van der Waals surface area contributed by atoms with Gasteiger partial charge in [0.25, 0.3) is 0 Å². The highest BCUT2D eigenvalue weighted by atomic mass is 16.6. The molecule has 0 spiro atoms. The van der Waals surface area contributed by atoms with Crippen LogP contribution in [0.4, 0.5) is 0 Å². The molecule has 0 atom stereocenters. The van der Waals surface area contributed by atoms with Crippen LogP contribution in [0.15, 0.2) is 16.8 Å². The summed E-state index contributed by atoms with van der Waals surface area (Å²) >= 11 is 0. The molecule has 1 aliphatic rings. The van der Waals surface area contributed by atoms with Gasteiger partial charge in [-0.25, -0.2) is 0 Å². The van der Waals surface area contributed by atoms with Crippen LogP contribution in [-0.4, -0.2) is 18.6 Å². The fraction of sp³-hybridized carbons (Fsp3) is 0.556. The predicted molar refractivity (Wildman–Crippen MR) is 47.1 cm³/mol. The van der Waals surface area contributed by atoms with Crippen LogP contribution in [0.1, 0.15) is 26.2 Å². The third kappa shape index (κ3) is 2.19. The number of ketones is 1. The minimum absolute atomic E-state index is 0.196. The third-order valence-corrected chi connectivity index (χ3v) is 1.90. The first-order valence-corrected chi connectivity index (χ1v) is 4.05. The summed E-state index contributed by atoms with van der Waals surface area (Å²) in [6, 6.07) is 0. The molecule has 12 heavy (non-hydrogen) atoms. The molecule has 1 rings (SSSR count). The summed E-state index contributed by atoms with van der Waals surface area (Å²) in [7, 11) is 1.51. The van der Waals surface area contributed by atoms with Crippen molar-refractivity contribution >= 4 is 11.5 Å². The number of carbonyl (C=O) groups excluding carboxylic acids is 1. The minimum atomic E-state index is 0.196. The Morgan fingerprint density at radius 1 is 1.58 bits per heavy atom. The van der Waals surface area contributed by atoms with Gasteiger partial charge in [-0.1, -0.05) is 5.16 Å². The molecule has 0 heterocycles. The predicted octanol–water partition coefficient (Wildman–Crippen LogP) is 1.69. The Bertz CT molecular complexity index is 241. The van der Waals surface area contributed by atoms with Crippen LogP contribution in [-0.2, 0) is 9.63 Å². The van der Waals surface area contributed by atoms with E-state index in [0.29, 0.717) is 6.42 Å². The maximum Gasteiger partial charge on any atom is 0.156 e. The van der Waals surface area contributed by atoms with E-state index in [9.17, 15) is 4.79 Å². The van der Waals surface area contributed by atoms with E-state index in [0.717, 1.165) is 24.1 Å². The topological polar surface area (TPSA) is 38.7 Å². The van der Waals surface area contributed by atoms with Gasteiger partial charge in [-0.15, -0.1) is 0 Å². The SMILES string of the molecule is CO/N=C(/C)C1=CC(=O)CCC1. The number of oxime groups is 1. The molecule has 0 amide bonds. The molecule has 0 saturated heterocycles. The lowest BCUT2D eigenvalue weighted by atomic mass is 9.96. The molecule has 3 heteroatoms. The lowest BCUT2D eigenvalue weighted by Gasteiger charge is -2.10. The van der Waals surface area contributed by atoms with Gasteiger partial charge < -0.3 is 4.84 Å². The molecule has 0 fully saturated rings. The molecule has 0 saturated carbocycles. The molecule has 0 aromatic carbocycles. The van der Waals surface area contributed by atoms with Crippen LogP contribution in [0, 0.1) is 0 Å². The average molecular weight is 167 g/mol. The summed E-state index contributed by atoms with van der Waals surface area (Å²) < 4.78 is 0. The third-order valence-electron chi connectivity index (χ3n) is 1.90. The van der Waals surface area contributed by atoms with Gasteiger partial charge in [0.2, 0.25) is 0 Å². The zero-order valence-corrected chi connectivity index (χ0v) is 7.46. The van der Waals surface area contributed by atoms with Crippen molar-refractivity contribution in [3.8, 4) is 0 Å². The zero-order chi connectivity index (χ0) is 8.97. The smallest absolute Gasteiger partial charge is 0.156 e. The van der Waals surface area contributed by atoms with Gasteiger partial charge in [0.1, 0.15) is 7.11 Å². The van der Waals surface area contributed by atoms with Gasteiger partial charge in [-0.05, 0) is 31.4 Å². The van der Waals surface area contributed by atoms with E-state index in [1.165, 1.54) is 7.11 Å². The van der Waals surface area contributed by atoms with Gasteiger partial charge >= 0.3 is 0 Å². The van der Waals surface area contributed by atoms with E-state index in [2.05, 4.69) is 9.99 Å². The molecule has 0 aromatic rings. The normalized spacial score (nSPS) is 19.0. The maximum absolute atomic E-state index is 11.0. The lowest BCUT2D eigenvalue weighted by molar-refractivity contribution is -0.115. The van der Waals surface area contributed by atoms with Crippen molar-refractivity contribution in [2.75, 3.05) is 7.11 Å². The molecule has 1 aliphatic carbocycles. The van der Waals surface area contributed by atoms with E-state index in [4.69, 9.17) is 0 Å². The molecule has 0 aliphatic heterocycles. The Balaban J connectivity index is 2.74. The quantitative estimate of drug-likeness (QED) is 0.463. The second kappa shape index (κ2) is 4.04. The van der Waals surface area contributed by atoms with Crippen LogP contribution in [0.5, 0.6) is 0 Å². The molecular weight excluding hydrogens is 154 g/mol. The van der Waals surface area contributed by atoms with Crippen molar-refractivity contribution in [1.29, 1.82) is 0 Å². The Morgan fingerprint density at radius 2 is 2.33 bits per heavy atom. The van der Waals surface area contributed by atoms with Gasteiger partial charge in [-0.3, -0.25) is 4.79 Å². The highest BCUT2D eigenvalue weighted by Gasteiger charge is 2.11. The number of rotatable bonds is 2. The second-order valence-electron chi connectivity index (χ2n) is 2.85. The number of nitrogens with zero attached hydrogens (tertiary/aromatic N) is 1. The van der Waals surface area contributed by atoms with E-state index in [-0.39, 0.29) is 5.78 Å². The Labute approximate surface area is 72.1 Å². The summed E-state index contributed by atoms with van der Waals surface area (Å²) in [5.74, 6) is 0.196. The highest BCUT2D eigenvalue weighted by molar-refractivity contribution is 6.05. The fourth-order valence-electron chi connectivity index (χ4n) is 1.27. The van der Waals surface area contributed by atoms with E-state index >= 15 is 0 Å². The maximum atomic E-state index is 11.0. The monoisotopic (exact) mass is 167 g/mol. The van der Waals surface area contributed by atoms with Crippen molar-refractivity contribution in [2.24, 2.45) is 5.16 Å². The summed E-state index contributed by atoms with van der Waals surface area (Å²) in [5.41, 5.74) is 1.82. The van der Waals surface area contributed by atoms with Crippen LogP contribution >= 0.6 is 0 Å². The molecule has 0 N–H and O–H groups in total. The average Bonchev–Trinajstić information content (AvgIpc) is 2.05. The molecule has 3 nitrogen and oxygen atoms in total. The Kier molecular flexibility index (Phi) is 3.02. The van der Waals surface area contributed by atoms with E-state index in [1.54, 1.807) is 6.08 Å². The molecule has 0 bridgehead atoms. The van der Waals surface area contributed by atoms with Crippen molar-refractivity contribution in [2.45, 2.75) is 26.2 Å². The zero-order valence-electron chi connectivity index (χ0n) is 7.46. The standard InChI is InChI=1S/C9H13NO2/c1-7(10-12-2)8-4-3-5-9(11)6-8/h6H,3-5H2,1-2H3/b10-7-. The summed E-state index contributed by atoms with van der Waals surface area (Å²) in [6.45, 7) is 1.86. The number of allylic oxidation sites excluding steroid dienone is 2. The van der Waals surface area contributed by atoms with Crippen molar-refractivity contribution in [3.63, 3.8) is 0 Å². The van der Waals surface area contributed by atoms with Crippen molar-refractivity contribution in [3.05, 3.63) is 11.6 Å². The van der Waals surface area contributed by atoms with Crippen molar-refractivity contribution < 1.29 is 9.63 Å². The van der Waals surface area contributed by atoms with Gasteiger partial charge in [0.05, 0.1) is 5.71 Å². The fourth-order valence-corrected chi connectivity index (χ4v) is 1.27. The van der Waals surface area contributed by atoms with Gasteiger partial charge in [0.15, 0.2) is 5.78 Å². The van der Waals surface area contributed by atoms with Crippen LogP contribution in [0.2, 0.25) is 0 Å². The number of hydrogen-bond donors (Lipinski definition) is 0. The first kappa shape index (κ1) is 8.97. The molecule has 66 valence electrons. The van der Waals surface area contributed by atoms with Crippen LogP contribution in [0.3, 0.4) is 0 Å². The largest absolute Gasteiger partial charge is 0.399 e. The Morgan fingerprint density at radius 3 is 2.92 bits per heavy atom. The number of hydrogen-bond acceptors (Lipinski definition) is 3. The van der Waals surface area contributed by atoms with Crippen LogP contribution < -0.4 is 0 Å². The molecule has 0 aromatic heterocycles. The first-order chi connectivity index (χ1) is 5.74. The van der Waals surface area contributed by atoms with Gasteiger partial charge in [0, 0.05) is 6.42 Å². The summed E-state index contributed by atoms with van der Waals surface area (Å²) in [6.07, 6.45) is 4.21. The molecular formula is C9H13NO2. The van der Waals surface area contributed by atoms with Gasteiger partial charge in [-0.2, -0.15) is 0 Å². The van der Waals surface area contributed by atoms with E-state index < -0.39 is 0 Å². The Hall–Kier alpha value is -1.12. The minimum Gasteiger partial charge on any atom is -0.399 e. The molecule has 0 unspecified atom stereocenters.